The topological polar surface area (TPSA) is 67.8 Å². The van der Waals surface area contributed by atoms with Crippen molar-refractivity contribution in [3.05, 3.63) is 111 Å². The van der Waals surface area contributed by atoms with Gasteiger partial charge in [0.15, 0.2) is 0 Å². The number of halogens is 1. The molecule has 0 fully saturated rings. The van der Waals surface area contributed by atoms with E-state index in [2.05, 4.69) is 33.1 Å². The largest absolute Gasteiger partial charge is 0.422 e. The lowest BCUT2D eigenvalue weighted by Gasteiger charge is -2.09. The van der Waals surface area contributed by atoms with Crippen LogP contribution < -0.4 is 10.2 Å². The van der Waals surface area contributed by atoms with Gasteiger partial charge >= 0.3 is 5.97 Å². The first-order chi connectivity index (χ1) is 15.1. The van der Waals surface area contributed by atoms with Crippen LogP contribution in [-0.2, 0) is 0 Å². The average Bonchev–Trinajstić information content (AvgIpc) is 2.79. The van der Waals surface area contributed by atoms with Crippen LogP contribution in [0.5, 0.6) is 5.75 Å². The molecule has 6 heteroatoms. The molecule has 1 N–H and O–H groups in total. The number of carbonyl (C=O) groups is 2. The first-order valence-electron chi connectivity index (χ1n) is 9.50. The molecule has 0 aliphatic carbocycles. The van der Waals surface area contributed by atoms with E-state index in [1.165, 1.54) is 6.21 Å². The van der Waals surface area contributed by atoms with Gasteiger partial charge in [0, 0.05) is 14.7 Å². The SMILES string of the molecule is O=C(N/N=C\c1ccccc1OC(=O)c1cccc2ccccc12)c1cccc(I)c1. The molecule has 0 heterocycles. The summed E-state index contributed by atoms with van der Waals surface area (Å²) in [5, 5.41) is 5.81. The highest BCUT2D eigenvalue weighted by atomic mass is 127. The highest BCUT2D eigenvalue weighted by Crippen LogP contribution is 2.22. The van der Waals surface area contributed by atoms with E-state index in [1.807, 2.05) is 48.5 Å². The molecule has 0 unspecified atom stereocenters. The normalized spacial score (nSPS) is 10.9. The monoisotopic (exact) mass is 520 g/mol. The maximum atomic E-state index is 12.8. The van der Waals surface area contributed by atoms with Crippen LogP contribution >= 0.6 is 22.6 Å². The minimum atomic E-state index is -0.458. The summed E-state index contributed by atoms with van der Waals surface area (Å²) >= 11 is 2.14. The maximum absolute atomic E-state index is 12.8. The van der Waals surface area contributed by atoms with E-state index in [1.54, 1.807) is 42.5 Å². The number of hydrazone groups is 1. The number of nitrogens with zero attached hydrogens (tertiary/aromatic N) is 1. The summed E-state index contributed by atoms with van der Waals surface area (Å²) in [5.41, 5.74) is 4.06. The molecule has 0 radical (unpaired) electrons. The van der Waals surface area contributed by atoms with Gasteiger partial charge in [-0.1, -0.05) is 54.6 Å². The van der Waals surface area contributed by atoms with Crippen molar-refractivity contribution in [2.45, 2.75) is 0 Å². The number of benzene rings is 4. The van der Waals surface area contributed by atoms with Crippen LogP contribution in [0.25, 0.3) is 10.8 Å². The summed E-state index contributed by atoms with van der Waals surface area (Å²) in [4.78, 5) is 25.1. The number of nitrogens with one attached hydrogen (secondary N) is 1. The number of hydrogen-bond donors (Lipinski definition) is 1. The van der Waals surface area contributed by atoms with Crippen LogP contribution in [0, 0.1) is 3.57 Å². The van der Waals surface area contributed by atoms with Crippen molar-refractivity contribution in [2.24, 2.45) is 5.10 Å². The van der Waals surface area contributed by atoms with Gasteiger partial charge in [-0.05, 0) is 69.8 Å². The van der Waals surface area contributed by atoms with Crippen LogP contribution in [0.1, 0.15) is 26.3 Å². The van der Waals surface area contributed by atoms with Gasteiger partial charge in [0.05, 0.1) is 11.8 Å². The molecular formula is C25H17IN2O3. The predicted molar refractivity (Wildman–Crippen MR) is 130 cm³/mol. The second-order valence-corrected chi connectivity index (χ2v) is 7.91. The summed E-state index contributed by atoms with van der Waals surface area (Å²) in [6.07, 6.45) is 1.46. The van der Waals surface area contributed by atoms with E-state index in [4.69, 9.17) is 4.74 Å². The number of carbonyl (C=O) groups excluding carboxylic acids is 2. The zero-order valence-electron chi connectivity index (χ0n) is 16.3. The molecule has 5 nitrogen and oxygen atoms in total. The molecule has 4 aromatic carbocycles. The van der Waals surface area contributed by atoms with Gasteiger partial charge in [-0.25, -0.2) is 10.2 Å². The van der Waals surface area contributed by atoms with Gasteiger partial charge in [0.25, 0.3) is 5.91 Å². The Morgan fingerprint density at radius 1 is 0.871 bits per heavy atom. The molecule has 0 bridgehead atoms. The highest BCUT2D eigenvalue weighted by Gasteiger charge is 2.14. The van der Waals surface area contributed by atoms with Crippen LogP contribution in [0.3, 0.4) is 0 Å². The van der Waals surface area contributed by atoms with E-state index in [9.17, 15) is 9.59 Å². The average molecular weight is 520 g/mol. The zero-order chi connectivity index (χ0) is 21.6. The Bertz CT molecular complexity index is 1300. The smallest absolute Gasteiger partial charge is 0.344 e. The van der Waals surface area contributed by atoms with Gasteiger partial charge < -0.3 is 4.74 Å². The van der Waals surface area contributed by atoms with E-state index >= 15 is 0 Å². The number of amides is 1. The Hall–Kier alpha value is -3.52. The molecule has 0 aliphatic rings. The molecule has 4 rings (SSSR count). The molecule has 4 aromatic rings. The summed E-state index contributed by atoms with van der Waals surface area (Å²) in [6, 6.07) is 27.4. The van der Waals surface area contributed by atoms with Gasteiger partial charge in [0.1, 0.15) is 5.75 Å². The van der Waals surface area contributed by atoms with E-state index in [0.717, 1.165) is 14.3 Å². The van der Waals surface area contributed by atoms with Gasteiger partial charge in [-0.15, -0.1) is 0 Å². The van der Waals surface area contributed by atoms with Crippen molar-refractivity contribution in [3.63, 3.8) is 0 Å². The van der Waals surface area contributed by atoms with Crippen LogP contribution in [-0.4, -0.2) is 18.1 Å². The standard InChI is InChI=1S/C25H17IN2O3/c26-20-11-5-10-18(15-20)24(29)28-27-16-19-8-2-4-14-23(19)31-25(30)22-13-6-9-17-7-1-3-12-21(17)22/h1-16H,(H,28,29)/b27-16-. The second kappa shape index (κ2) is 9.53. The van der Waals surface area contributed by atoms with Gasteiger partial charge in [0.2, 0.25) is 0 Å². The Labute approximate surface area is 192 Å². The van der Waals surface area contributed by atoms with E-state index in [-0.39, 0.29) is 5.91 Å². The fourth-order valence-corrected chi connectivity index (χ4v) is 3.64. The molecule has 1 amide bonds. The number of ether oxygens (including phenoxy) is 1. The summed E-state index contributed by atoms with van der Waals surface area (Å²) in [6.45, 7) is 0. The lowest BCUT2D eigenvalue weighted by atomic mass is 10.0. The molecule has 0 saturated carbocycles. The van der Waals surface area contributed by atoms with E-state index in [0.29, 0.717) is 22.4 Å². The van der Waals surface area contributed by atoms with Crippen molar-refractivity contribution in [1.82, 2.24) is 5.43 Å². The third-order valence-electron chi connectivity index (χ3n) is 4.59. The summed E-state index contributed by atoms with van der Waals surface area (Å²) in [7, 11) is 0. The summed E-state index contributed by atoms with van der Waals surface area (Å²) < 4.78 is 6.61. The number of hydrogen-bond acceptors (Lipinski definition) is 4. The Kier molecular flexibility index (Phi) is 6.37. The van der Waals surface area contributed by atoms with Crippen LogP contribution in [0.15, 0.2) is 96.1 Å². The number of esters is 1. The minimum Gasteiger partial charge on any atom is -0.422 e. The quantitative estimate of drug-likeness (QED) is 0.126. The Morgan fingerprint density at radius 2 is 1.61 bits per heavy atom. The summed E-state index contributed by atoms with van der Waals surface area (Å²) in [5.74, 6) is -0.423. The highest BCUT2D eigenvalue weighted by molar-refractivity contribution is 14.1. The Morgan fingerprint density at radius 3 is 2.48 bits per heavy atom. The van der Waals surface area contributed by atoms with Crippen LogP contribution in [0.2, 0.25) is 0 Å². The fraction of sp³-hybridized carbons (Fsp3) is 0. The molecule has 0 saturated heterocycles. The van der Waals surface area contributed by atoms with Crippen LogP contribution in [0.4, 0.5) is 0 Å². The Balaban J connectivity index is 1.51. The maximum Gasteiger partial charge on any atom is 0.344 e. The number of rotatable bonds is 5. The number of fused-ring (bicyclic) bond motifs is 1. The lowest BCUT2D eigenvalue weighted by molar-refractivity contribution is 0.0736. The van der Waals surface area contributed by atoms with Crippen molar-refractivity contribution in [1.29, 1.82) is 0 Å². The molecule has 31 heavy (non-hydrogen) atoms. The molecule has 0 spiro atoms. The molecule has 0 aromatic heterocycles. The van der Waals surface area contributed by atoms with Gasteiger partial charge in [-0.3, -0.25) is 4.79 Å². The third kappa shape index (κ3) is 4.97. The molecular weight excluding hydrogens is 503 g/mol. The van der Waals surface area contributed by atoms with Crippen molar-refractivity contribution in [3.8, 4) is 5.75 Å². The lowest BCUT2D eigenvalue weighted by Crippen LogP contribution is -2.17. The zero-order valence-corrected chi connectivity index (χ0v) is 18.4. The molecule has 152 valence electrons. The van der Waals surface area contributed by atoms with Crippen molar-refractivity contribution < 1.29 is 14.3 Å². The fourth-order valence-electron chi connectivity index (χ4n) is 3.09. The van der Waals surface area contributed by atoms with Crippen molar-refractivity contribution >= 4 is 51.5 Å². The first-order valence-corrected chi connectivity index (χ1v) is 10.6. The minimum absolute atomic E-state index is 0.319. The predicted octanol–water partition coefficient (Wildman–Crippen LogP) is 5.43. The van der Waals surface area contributed by atoms with Gasteiger partial charge in [-0.2, -0.15) is 5.10 Å². The third-order valence-corrected chi connectivity index (χ3v) is 5.26. The van der Waals surface area contributed by atoms with Crippen molar-refractivity contribution in [2.75, 3.05) is 0 Å². The molecule has 0 aliphatic heterocycles. The second-order valence-electron chi connectivity index (χ2n) is 6.66. The van der Waals surface area contributed by atoms with E-state index < -0.39 is 5.97 Å². The molecule has 0 atom stereocenters. The number of para-hydroxylation sites is 1. The first kappa shape index (κ1) is 20.7.